The molecule has 0 aliphatic heterocycles. The smallest absolute Gasteiger partial charge is 0.166 e. The first-order valence-electron chi connectivity index (χ1n) is 7.19. The van der Waals surface area contributed by atoms with E-state index >= 15 is 0 Å². The van der Waals surface area contributed by atoms with Crippen LogP contribution in [0.25, 0.3) is 6.08 Å². The number of rotatable bonds is 3. The minimum Gasteiger partial charge on any atom is -0.294 e. The molecule has 0 aromatic heterocycles. The summed E-state index contributed by atoms with van der Waals surface area (Å²) < 4.78 is 0. The van der Waals surface area contributed by atoms with Crippen LogP contribution in [0.4, 0.5) is 0 Å². The predicted molar refractivity (Wildman–Crippen MR) is 80.8 cm³/mol. The third-order valence-electron chi connectivity index (χ3n) is 3.91. The van der Waals surface area contributed by atoms with E-state index in [-0.39, 0.29) is 5.92 Å². The number of hydrogen-bond acceptors (Lipinski definition) is 1. The van der Waals surface area contributed by atoms with Crippen molar-refractivity contribution in [3.8, 4) is 0 Å². The summed E-state index contributed by atoms with van der Waals surface area (Å²) in [5.74, 6) is 0.429. The molecule has 1 heteroatoms. The van der Waals surface area contributed by atoms with E-state index in [0.29, 0.717) is 5.78 Å². The maximum Gasteiger partial charge on any atom is 0.166 e. The van der Waals surface area contributed by atoms with E-state index in [2.05, 4.69) is 32.1 Å². The Morgan fingerprint density at radius 2 is 1.84 bits per heavy atom. The molecular weight excluding hydrogens is 232 g/mol. The third kappa shape index (κ3) is 2.86. The van der Waals surface area contributed by atoms with Gasteiger partial charge in [0.1, 0.15) is 0 Å². The molecule has 19 heavy (non-hydrogen) atoms. The molecule has 1 aliphatic carbocycles. The van der Waals surface area contributed by atoms with Crippen molar-refractivity contribution < 1.29 is 4.79 Å². The number of Topliss-reactive ketones (excluding diaryl/α,β-unsaturated/α-hetero) is 1. The molecule has 100 valence electrons. The van der Waals surface area contributed by atoms with Crippen molar-refractivity contribution in [3.63, 3.8) is 0 Å². The summed E-state index contributed by atoms with van der Waals surface area (Å²) in [6.45, 7) is 6.38. The molecule has 1 aromatic carbocycles. The van der Waals surface area contributed by atoms with Crippen LogP contribution in [0.2, 0.25) is 0 Å². The molecule has 0 N–H and O–H groups in total. The maximum atomic E-state index is 12.5. The average Bonchev–Trinajstić information content (AvgIpc) is 2.44. The lowest BCUT2D eigenvalue weighted by Crippen LogP contribution is -2.21. The molecule has 0 heterocycles. The number of ketones is 1. The van der Waals surface area contributed by atoms with Gasteiger partial charge < -0.3 is 0 Å². The minimum atomic E-state index is 0.125. The van der Waals surface area contributed by atoms with Gasteiger partial charge in [-0.05, 0) is 36.5 Å². The fourth-order valence-corrected chi connectivity index (χ4v) is 2.86. The van der Waals surface area contributed by atoms with Crippen LogP contribution < -0.4 is 0 Å². The Balaban J connectivity index is 2.51. The van der Waals surface area contributed by atoms with E-state index in [1.54, 1.807) is 0 Å². The Bertz CT molecular complexity index is 520. The zero-order valence-corrected chi connectivity index (χ0v) is 12.1. The van der Waals surface area contributed by atoms with Crippen molar-refractivity contribution in [2.24, 2.45) is 5.92 Å². The molecule has 1 atom stereocenters. The quantitative estimate of drug-likeness (QED) is 0.708. The van der Waals surface area contributed by atoms with Gasteiger partial charge in [-0.2, -0.15) is 0 Å². The Morgan fingerprint density at radius 3 is 2.42 bits per heavy atom. The topological polar surface area (TPSA) is 17.1 Å². The molecule has 1 aromatic rings. The molecular formula is C18H22O. The fraction of sp³-hybridized carbons (Fsp3) is 0.389. The van der Waals surface area contributed by atoms with Gasteiger partial charge in [-0.25, -0.2) is 0 Å². The minimum absolute atomic E-state index is 0.125. The van der Waals surface area contributed by atoms with Gasteiger partial charge in [0.25, 0.3) is 0 Å². The molecule has 0 fully saturated rings. The first-order chi connectivity index (χ1) is 9.17. The second-order valence-corrected chi connectivity index (χ2v) is 5.23. The van der Waals surface area contributed by atoms with Crippen molar-refractivity contribution in [2.75, 3.05) is 0 Å². The molecule has 1 unspecified atom stereocenters. The highest BCUT2D eigenvalue weighted by Gasteiger charge is 2.27. The van der Waals surface area contributed by atoms with Crippen molar-refractivity contribution in [3.05, 3.63) is 52.6 Å². The summed E-state index contributed by atoms with van der Waals surface area (Å²) in [4.78, 5) is 12.5. The van der Waals surface area contributed by atoms with Crippen molar-refractivity contribution >= 4 is 11.9 Å². The standard InChI is InChI=1S/C18H22O/c1-4-15-11-13(3)18(19)17(16(15)5-2)12-14-9-7-6-8-10-14/h6-10,12-13H,4-5,11H2,1-3H3. The summed E-state index contributed by atoms with van der Waals surface area (Å²) >= 11 is 0. The molecule has 0 radical (unpaired) electrons. The van der Waals surface area contributed by atoms with Gasteiger partial charge in [-0.15, -0.1) is 0 Å². The second-order valence-electron chi connectivity index (χ2n) is 5.23. The Kier molecular flexibility index (Phi) is 4.36. The van der Waals surface area contributed by atoms with E-state index < -0.39 is 0 Å². The SMILES string of the molecule is CCC1=C(CC)C(=Cc2ccccc2)C(=O)C(C)C1. The second kappa shape index (κ2) is 6.01. The highest BCUT2D eigenvalue weighted by Crippen LogP contribution is 2.35. The molecule has 0 saturated carbocycles. The Morgan fingerprint density at radius 1 is 1.16 bits per heavy atom. The van der Waals surface area contributed by atoms with Crippen molar-refractivity contribution in [2.45, 2.75) is 40.0 Å². The zero-order chi connectivity index (χ0) is 13.8. The van der Waals surface area contributed by atoms with Gasteiger partial charge in [-0.1, -0.05) is 56.7 Å². The summed E-state index contributed by atoms with van der Waals surface area (Å²) in [7, 11) is 0. The van der Waals surface area contributed by atoms with Gasteiger partial charge >= 0.3 is 0 Å². The van der Waals surface area contributed by atoms with E-state index in [0.717, 1.165) is 30.4 Å². The van der Waals surface area contributed by atoms with Gasteiger partial charge in [0.2, 0.25) is 0 Å². The first-order valence-corrected chi connectivity index (χ1v) is 7.19. The normalized spacial score (nSPS) is 22.2. The summed E-state index contributed by atoms with van der Waals surface area (Å²) in [6.07, 6.45) is 4.99. The maximum absolute atomic E-state index is 12.5. The van der Waals surface area contributed by atoms with Crippen LogP contribution in [0.3, 0.4) is 0 Å². The molecule has 1 nitrogen and oxygen atoms in total. The third-order valence-corrected chi connectivity index (χ3v) is 3.91. The van der Waals surface area contributed by atoms with Crippen LogP contribution in [0.15, 0.2) is 47.1 Å². The Labute approximate surface area is 116 Å². The Hall–Kier alpha value is -1.63. The van der Waals surface area contributed by atoms with E-state index in [4.69, 9.17) is 0 Å². The number of benzene rings is 1. The highest BCUT2D eigenvalue weighted by molar-refractivity contribution is 6.06. The van der Waals surface area contributed by atoms with Gasteiger partial charge in [-0.3, -0.25) is 4.79 Å². The van der Waals surface area contributed by atoms with Crippen molar-refractivity contribution in [1.82, 2.24) is 0 Å². The van der Waals surface area contributed by atoms with Crippen molar-refractivity contribution in [1.29, 1.82) is 0 Å². The summed E-state index contributed by atoms with van der Waals surface area (Å²) in [5.41, 5.74) is 4.77. The van der Waals surface area contributed by atoms with Gasteiger partial charge in [0.05, 0.1) is 0 Å². The molecule has 0 spiro atoms. The van der Waals surface area contributed by atoms with E-state index in [9.17, 15) is 4.79 Å². The van der Waals surface area contributed by atoms with Gasteiger partial charge in [0.15, 0.2) is 5.78 Å². The van der Waals surface area contributed by atoms with E-state index in [1.807, 2.05) is 25.1 Å². The van der Waals surface area contributed by atoms with Crippen LogP contribution in [-0.4, -0.2) is 5.78 Å². The highest BCUT2D eigenvalue weighted by atomic mass is 16.1. The monoisotopic (exact) mass is 254 g/mol. The lowest BCUT2D eigenvalue weighted by atomic mass is 9.78. The van der Waals surface area contributed by atoms with Crippen LogP contribution in [-0.2, 0) is 4.79 Å². The van der Waals surface area contributed by atoms with Crippen LogP contribution in [0.1, 0.15) is 45.6 Å². The number of hydrogen-bond donors (Lipinski definition) is 0. The molecule has 0 bridgehead atoms. The predicted octanol–water partition coefficient (Wildman–Crippen LogP) is 4.80. The van der Waals surface area contributed by atoms with Gasteiger partial charge in [0, 0.05) is 11.5 Å². The van der Waals surface area contributed by atoms with Crippen LogP contribution in [0, 0.1) is 5.92 Å². The largest absolute Gasteiger partial charge is 0.294 e. The molecule has 1 aliphatic rings. The molecule has 0 amide bonds. The molecule has 0 saturated heterocycles. The van der Waals surface area contributed by atoms with Crippen LogP contribution in [0.5, 0.6) is 0 Å². The first kappa shape index (κ1) is 13.8. The lowest BCUT2D eigenvalue weighted by Gasteiger charge is -2.25. The number of carbonyl (C=O) groups is 1. The molecule has 2 rings (SSSR count). The average molecular weight is 254 g/mol. The summed E-state index contributed by atoms with van der Waals surface area (Å²) in [5, 5.41) is 0. The lowest BCUT2D eigenvalue weighted by molar-refractivity contribution is -0.118. The summed E-state index contributed by atoms with van der Waals surface area (Å²) in [6, 6.07) is 10.1. The number of allylic oxidation sites excluding steroid dienone is 3. The zero-order valence-electron chi connectivity index (χ0n) is 12.1. The fourth-order valence-electron chi connectivity index (χ4n) is 2.86. The van der Waals surface area contributed by atoms with E-state index in [1.165, 1.54) is 11.1 Å². The van der Waals surface area contributed by atoms with Crippen LogP contribution >= 0.6 is 0 Å². The number of carbonyl (C=O) groups excluding carboxylic acids is 1.